The third-order valence-corrected chi connectivity index (χ3v) is 6.63. The highest BCUT2D eigenvalue weighted by atomic mass is 35.5. The fourth-order valence-electron chi connectivity index (χ4n) is 4.59. The van der Waals surface area contributed by atoms with Crippen LogP contribution in [0.4, 0.5) is 17.1 Å². The first-order valence-corrected chi connectivity index (χ1v) is 11.3. The number of hydrogen-bond donors (Lipinski definition) is 1. The minimum Gasteiger partial charge on any atom is -0.550 e. The molecule has 164 valence electrons. The summed E-state index contributed by atoms with van der Waals surface area (Å²) in [5, 5.41) is 15.0. The van der Waals surface area contributed by atoms with Gasteiger partial charge in [-0.1, -0.05) is 24.4 Å². The van der Waals surface area contributed by atoms with Gasteiger partial charge in [-0.2, -0.15) is 0 Å². The van der Waals surface area contributed by atoms with Crippen LogP contribution in [-0.4, -0.2) is 38.1 Å². The zero-order chi connectivity index (χ0) is 21.8. The third kappa shape index (κ3) is 5.13. The van der Waals surface area contributed by atoms with E-state index in [1.54, 1.807) is 0 Å². The molecule has 1 saturated carbocycles. The van der Waals surface area contributed by atoms with Gasteiger partial charge in [0, 0.05) is 66.1 Å². The Morgan fingerprint density at radius 1 is 0.806 bits per heavy atom. The van der Waals surface area contributed by atoms with Gasteiger partial charge in [0.15, 0.2) is 0 Å². The van der Waals surface area contributed by atoms with Gasteiger partial charge in [-0.3, -0.25) is 4.79 Å². The standard InChI is InChI=1S/C24H28ClN3O3/c25-17-5-9-19(10-6-17)27-13-15-28(16-14-27)20-11-7-18(8-12-20)26-23(29)21-3-1-2-4-22(21)24(30)31/h5-12,21-22H,1-4,13-16H2,(H,26,29)(H,30,31)/p-1/t21-,22-/m0/s1. The summed E-state index contributed by atoms with van der Waals surface area (Å²) in [5.41, 5.74) is 2.98. The van der Waals surface area contributed by atoms with Crippen LogP contribution in [0.2, 0.25) is 5.02 Å². The van der Waals surface area contributed by atoms with Crippen molar-refractivity contribution in [3.8, 4) is 0 Å². The Bertz CT molecular complexity index is 909. The number of carbonyl (C=O) groups is 2. The van der Waals surface area contributed by atoms with Crippen LogP contribution in [0.3, 0.4) is 0 Å². The van der Waals surface area contributed by atoms with Crippen molar-refractivity contribution in [2.24, 2.45) is 11.8 Å². The van der Waals surface area contributed by atoms with Crippen molar-refractivity contribution < 1.29 is 14.7 Å². The molecule has 4 rings (SSSR count). The summed E-state index contributed by atoms with van der Waals surface area (Å²) in [5.74, 6) is -2.55. The Morgan fingerprint density at radius 2 is 1.29 bits per heavy atom. The maximum Gasteiger partial charge on any atom is 0.228 e. The molecule has 2 fully saturated rings. The summed E-state index contributed by atoms with van der Waals surface area (Å²) in [4.78, 5) is 28.7. The van der Waals surface area contributed by atoms with Crippen molar-refractivity contribution in [3.63, 3.8) is 0 Å². The molecule has 0 aromatic heterocycles. The minimum atomic E-state index is -1.12. The number of nitrogens with one attached hydrogen (secondary N) is 1. The van der Waals surface area contributed by atoms with E-state index >= 15 is 0 Å². The molecule has 1 aliphatic carbocycles. The van der Waals surface area contributed by atoms with E-state index in [9.17, 15) is 14.7 Å². The molecule has 1 aliphatic heterocycles. The molecule has 1 heterocycles. The molecule has 0 spiro atoms. The number of piperazine rings is 1. The number of carboxylic acid groups (broad SMARTS) is 1. The van der Waals surface area contributed by atoms with Crippen LogP contribution in [0.1, 0.15) is 25.7 Å². The van der Waals surface area contributed by atoms with E-state index < -0.39 is 17.8 Å². The summed E-state index contributed by atoms with van der Waals surface area (Å²) >= 11 is 5.98. The molecule has 0 unspecified atom stereocenters. The maximum atomic E-state index is 12.6. The van der Waals surface area contributed by atoms with E-state index in [-0.39, 0.29) is 5.91 Å². The van der Waals surface area contributed by atoms with Gasteiger partial charge in [-0.05, 0) is 61.4 Å². The highest BCUT2D eigenvalue weighted by molar-refractivity contribution is 6.30. The van der Waals surface area contributed by atoms with Gasteiger partial charge < -0.3 is 25.0 Å². The summed E-state index contributed by atoms with van der Waals surface area (Å²) in [7, 11) is 0. The molecule has 0 radical (unpaired) electrons. The monoisotopic (exact) mass is 440 g/mol. The van der Waals surface area contributed by atoms with Crippen molar-refractivity contribution >= 4 is 40.5 Å². The highest BCUT2D eigenvalue weighted by Crippen LogP contribution is 2.31. The first-order chi connectivity index (χ1) is 15.0. The molecule has 6 nitrogen and oxygen atoms in total. The molecule has 1 saturated heterocycles. The molecule has 31 heavy (non-hydrogen) atoms. The van der Waals surface area contributed by atoms with Gasteiger partial charge in [0.25, 0.3) is 0 Å². The van der Waals surface area contributed by atoms with Crippen LogP contribution < -0.4 is 20.2 Å². The van der Waals surface area contributed by atoms with Crippen molar-refractivity contribution in [3.05, 3.63) is 53.6 Å². The molecule has 7 heteroatoms. The van der Waals surface area contributed by atoms with E-state index in [0.717, 1.165) is 49.7 Å². The lowest BCUT2D eigenvalue weighted by Gasteiger charge is -2.37. The third-order valence-electron chi connectivity index (χ3n) is 6.38. The van der Waals surface area contributed by atoms with Gasteiger partial charge in [0.2, 0.25) is 5.91 Å². The number of anilines is 3. The lowest BCUT2D eigenvalue weighted by atomic mass is 9.78. The van der Waals surface area contributed by atoms with E-state index in [0.29, 0.717) is 18.5 Å². The summed E-state index contributed by atoms with van der Waals surface area (Å²) in [6, 6.07) is 15.7. The number of aliphatic carboxylic acids is 1. The van der Waals surface area contributed by atoms with E-state index in [1.165, 1.54) is 5.69 Å². The Balaban J connectivity index is 1.33. The molecule has 2 atom stereocenters. The van der Waals surface area contributed by atoms with Crippen molar-refractivity contribution in [1.29, 1.82) is 0 Å². The number of rotatable bonds is 5. The number of carbonyl (C=O) groups excluding carboxylic acids is 2. The zero-order valence-corrected chi connectivity index (χ0v) is 18.2. The summed E-state index contributed by atoms with van der Waals surface area (Å²) in [6.07, 6.45) is 2.83. The average Bonchev–Trinajstić information content (AvgIpc) is 2.80. The molecular formula is C24H27ClN3O3-. The van der Waals surface area contributed by atoms with Gasteiger partial charge >= 0.3 is 0 Å². The number of carboxylic acids is 1. The Labute approximate surface area is 187 Å². The second-order valence-corrected chi connectivity index (χ2v) is 8.74. The maximum absolute atomic E-state index is 12.6. The van der Waals surface area contributed by atoms with Crippen LogP contribution >= 0.6 is 11.6 Å². The highest BCUT2D eigenvalue weighted by Gasteiger charge is 2.31. The van der Waals surface area contributed by atoms with Gasteiger partial charge in [0.1, 0.15) is 0 Å². The molecule has 2 aromatic carbocycles. The molecule has 0 bridgehead atoms. The Hall–Kier alpha value is -2.73. The zero-order valence-electron chi connectivity index (χ0n) is 17.4. The van der Waals surface area contributed by atoms with Crippen molar-refractivity contribution in [2.45, 2.75) is 25.7 Å². The Morgan fingerprint density at radius 3 is 1.81 bits per heavy atom. The van der Waals surface area contributed by atoms with Gasteiger partial charge in [-0.15, -0.1) is 0 Å². The fourth-order valence-corrected chi connectivity index (χ4v) is 4.72. The first kappa shape index (κ1) is 21.5. The lowest BCUT2D eigenvalue weighted by molar-refractivity contribution is -0.313. The van der Waals surface area contributed by atoms with Crippen LogP contribution in [0.25, 0.3) is 0 Å². The molecular weight excluding hydrogens is 414 g/mol. The first-order valence-electron chi connectivity index (χ1n) is 10.9. The van der Waals surface area contributed by atoms with Gasteiger partial charge in [-0.25, -0.2) is 0 Å². The average molecular weight is 441 g/mol. The predicted molar refractivity (Wildman–Crippen MR) is 121 cm³/mol. The molecule has 2 aromatic rings. The quantitative estimate of drug-likeness (QED) is 0.772. The lowest BCUT2D eigenvalue weighted by Crippen LogP contribution is -2.46. The van der Waals surface area contributed by atoms with E-state index in [1.807, 2.05) is 48.5 Å². The van der Waals surface area contributed by atoms with Crippen LogP contribution in [-0.2, 0) is 9.59 Å². The topological polar surface area (TPSA) is 75.7 Å². The second kappa shape index (κ2) is 9.60. The van der Waals surface area contributed by atoms with Crippen LogP contribution in [0, 0.1) is 11.8 Å². The SMILES string of the molecule is O=C([O-])[C@H]1CCCC[C@@H]1C(=O)Nc1ccc(N2CCN(c3ccc(Cl)cc3)CC2)cc1. The van der Waals surface area contributed by atoms with E-state index in [4.69, 9.17) is 11.6 Å². The second-order valence-electron chi connectivity index (χ2n) is 8.30. The van der Waals surface area contributed by atoms with E-state index in [2.05, 4.69) is 15.1 Å². The van der Waals surface area contributed by atoms with Gasteiger partial charge in [0.05, 0.1) is 0 Å². The normalized spacial score (nSPS) is 21.6. The minimum absolute atomic E-state index is 0.224. The molecule has 1 N–H and O–H groups in total. The largest absolute Gasteiger partial charge is 0.550 e. The number of hydrogen-bond acceptors (Lipinski definition) is 5. The number of halogens is 1. The fraction of sp³-hybridized carbons (Fsp3) is 0.417. The summed E-state index contributed by atoms with van der Waals surface area (Å²) < 4.78 is 0. The van der Waals surface area contributed by atoms with Crippen molar-refractivity contribution in [2.75, 3.05) is 41.3 Å². The number of nitrogens with zero attached hydrogens (tertiary/aromatic N) is 2. The molecule has 2 aliphatic rings. The summed E-state index contributed by atoms with van der Waals surface area (Å²) in [6.45, 7) is 3.66. The Kier molecular flexibility index (Phi) is 6.66. The number of amides is 1. The molecule has 1 amide bonds. The van der Waals surface area contributed by atoms with Crippen LogP contribution in [0.15, 0.2) is 48.5 Å². The van der Waals surface area contributed by atoms with Crippen LogP contribution in [0.5, 0.6) is 0 Å². The predicted octanol–water partition coefficient (Wildman–Crippen LogP) is 3.16. The smallest absolute Gasteiger partial charge is 0.228 e. The van der Waals surface area contributed by atoms with Crippen molar-refractivity contribution in [1.82, 2.24) is 0 Å². The number of benzene rings is 2.